The van der Waals surface area contributed by atoms with Crippen LogP contribution in [-0.4, -0.2) is 38.1 Å². The van der Waals surface area contributed by atoms with E-state index in [0.29, 0.717) is 5.02 Å². The summed E-state index contributed by atoms with van der Waals surface area (Å²) in [4.78, 5) is 37.6. The van der Waals surface area contributed by atoms with Crippen molar-refractivity contribution in [3.05, 3.63) is 64.1 Å². The van der Waals surface area contributed by atoms with Crippen molar-refractivity contribution in [3.63, 3.8) is 0 Å². The average molecular weight is 461 g/mol. The van der Waals surface area contributed by atoms with Gasteiger partial charge < -0.3 is 15.5 Å². The minimum absolute atomic E-state index is 0.0892. The molecule has 0 aliphatic carbocycles. The number of carboxylic acids is 1. The van der Waals surface area contributed by atoms with Crippen molar-refractivity contribution in [1.82, 2.24) is 9.88 Å². The number of nitrogens with zero attached hydrogens (tertiary/aromatic N) is 1. The molecule has 3 aromatic rings. The van der Waals surface area contributed by atoms with Crippen molar-refractivity contribution >= 4 is 40.3 Å². The SMILES string of the molecule is Cc1c([C@@H](C)C(=O)NC(C)(C)C(=O)O)c2c(F)c(O)ccc2n1C(=O)c1cccc(Cl)c1. The van der Waals surface area contributed by atoms with Crippen LogP contribution in [0.25, 0.3) is 10.9 Å². The number of carbonyl (C=O) groups excluding carboxylic acids is 2. The number of hydrogen-bond acceptors (Lipinski definition) is 4. The van der Waals surface area contributed by atoms with Gasteiger partial charge in [-0.25, -0.2) is 9.18 Å². The lowest BCUT2D eigenvalue weighted by atomic mass is 9.95. The number of carbonyl (C=O) groups is 3. The lowest BCUT2D eigenvalue weighted by Crippen LogP contribution is -2.50. The van der Waals surface area contributed by atoms with Crippen LogP contribution in [0.4, 0.5) is 4.39 Å². The number of nitrogens with one attached hydrogen (secondary N) is 1. The number of amides is 1. The third kappa shape index (κ3) is 3.93. The number of phenols is 1. The molecule has 0 spiro atoms. The summed E-state index contributed by atoms with van der Waals surface area (Å²) in [5, 5.41) is 21.9. The van der Waals surface area contributed by atoms with Gasteiger partial charge in [0.05, 0.1) is 11.4 Å². The van der Waals surface area contributed by atoms with Crippen LogP contribution < -0.4 is 5.32 Å². The Hall–Kier alpha value is -3.39. The predicted octanol–water partition coefficient (Wildman–Crippen LogP) is 4.22. The molecule has 7 nitrogen and oxygen atoms in total. The van der Waals surface area contributed by atoms with Gasteiger partial charge >= 0.3 is 5.97 Å². The molecule has 0 aliphatic heterocycles. The van der Waals surface area contributed by atoms with Gasteiger partial charge in [0.1, 0.15) is 5.54 Å². The summed E-state index contributed by atoms with van der Waals surface area (Å²) in [6.07, 6.45) is 0. The van der Waals surface area contributed by atoms with E-state index in [1.807, 2.05) is 0 Å². The van der Waals surface area contributed by atoms with Crippen molar-refractivity contribution in [2.45, 2.75) is 39.2 Å². The molecule has 1 amide bonds. The molecule has 0 saturated heterocycles. The van der Waals surface area contributed by atoms with Gasteiger partial charge in [-0.2, -0.15) is 0 Å². The summed E-state index contributed by atoms with van der Waals surface area (Å²) in [7, 11) is 0. The minimum Gasteiger partial charge on any atom is -0.505 e. The van der Waals surface area contributed by atoms with Crippen LogP contribution in [0.1, 0.15) is 48.3 Å². The minimum atomic E-state index is -1.56. The number of benzene rings is 2. The molecule has 3 rings (SSSR count). The Balaban J connectivity index is 2.22. The first-order chi connectivity index (χ1) is 14.9. The quantitative estimate of drug-likeness (QED) is 0.528. The second-order valence-electron chi connectivity index (χ2n) is 8.08. The van der Waals surface area contributed by atoms with Gasteiger partial charge in [0, 0.05) is 21.7 Å². The van der Waals surface area contributed by atoms with E-state index < -0.39 is 40.8 Å². The number of fused-ring (bicyclic) bond motifs is 1. The van der Waals surface area contributed by atoms with Crippen molar-refractivity contribution in [3.8, 4) is 5.75 Å². The van der Waals surface area contributed by atoms with Crippen LogP contribution >= 0.6 is 11.6 Å². The molecular formula is C23H22ClFN2O5. The molecule has 0 aliphatic rings. The highest BCUT2D eigenvalue weighted by Gasteiger charge is 2.34. The van der Waals surface area contributed by atoms with E-state index in [9.17, 15) is 24.6 Å². The number of aromatic nitrogens is 1. The Labute approximate surface area is 188 Å². The number of hydrogen-bond donors (Lipinski definition) is 3. The van der Waals surface area contributed by atoms with Crippen molar-refractivity contribution in [1.29, 1.82) is 0 Å². The van der Waals surface area contributed by atoms with E-state index in [0.717, 1.165) is 6.07 Å². The molecule has 3 N–H and O–H groups in total. The maximum absolute atomic E-state index is 15.1. The van der Waals surface area contributed by atoms with Gasteiger partial charge in [-0.05, 0) is 63.6 Å². The fraction of sp³-hybridized carbons (Fsp3) is 0.261. The summed E-state index contributed by atoms with van der Waals surface area (Å²) >= 11 is 6.01. The standard InChI is InChI=1S/C23H22ClFN2O5/c1-11(20(29)26-23(3,4)22(31)32)17-12(2)27(15-8-9-16(28)19(25)18(15)17)21(30)13-6-5-7-14(24)10-13/h5-11,28H,1-4H3,(H,26,29)(H,31,32)/t11-/m1/s1. The first-order valence-electron chi connectivity index (χ1n) is 9.75. The van der Waals surface area contributed by atoms with Crippen LogP contribution in [0.2, 0.25) is 5.02 Å². The molecule has 32 heavy (non-hydrogen) atoms. The van der Waals surface area contributed by atoms with Crippen LogP contribution in [-0.2, 0) is 9.59 Å². The smallest absolute Gasteiger partial charge is 0.328 e. The fourth-order valence-electron chi connectivity index (χ4n) is 3.62. The molecule has 0 radical (unpaired) electrons. The predicted molar refractivity (Wildman–Crippen MR) is 118 cm³/mol. The molecule has 168 valence electrons. The van der Waals surface area contributed by atoms with Gasteiger partial charge in [-0.3, -0.25) is 14.2 Å². The second kappa shape index (κ2) is 8.27. The lowest BCUT2D eigenvalue weighted by Gasteiger charge is -2.23. The lowest BCUT2D eigenvalue weighted by molar-refractivity contribution is -0.146. The number of carboxylic acid groups (broad SMARTS) is 1. The Morgan fingerprint density at radius 2 is 1.84 bits per heavy atom. The van der Waals surface area contributed by atoms with E-state index in [4.69, 9.17) is 11.6 Å². The summed E-state index contributed by atoms with van der Waals surface area (Å²) in [6.45, 7) is 5.68. The van der Waals surface area contributed by atoms with E-state index >= 15 is 4.39 Å². The van der Waals surface area contributed by atoms with E-state index in [2.05, 4.69) is 5.32 Å². The van der Waals surface area contributed by atoms with E-state index in [1.165, 1.54) is 37.5 Å². The fourth-order valence-corrected chi connectivity index (χ4v) is 3.81. The van der Waals surface area contributed by atoms with Crippen molar-refractivity contribution in [2.75, 3.05) is 0 Å². The molecule has 2 aromatic carbocycles. The number of aromatic hydroxyl groups is 1. The normalized spacial score (nSPS) is 12.6. The van der Waals surface area contributed by atoms with E-state index in [1.54, 1.807) is 25.1 Å². The van der Waals surface area contributed by atoms with Gasteiger partial charge in [0.15, 0.2) is 11.6 Å². The molecule has 0 fully saturated rings. The molecular weight excluding hydrogens is 439 g/mol. The second-order valence-corrected chi connectivity index (χ2v) is 8.52. The number of phenolic OH excluding ortho intramolecular Hbond substituents is 1. The van der Waals surface area contributed by atoms with Crippen molar-refractivity contribution in [2.24, 2.45) is 0 Å². The molecule has 9 heteroatoms. The summed E-state index contributed by atoms with van der Waals surface area (Å²) < 4.78 is 16.3. The summed E-state index contributed by atoms with van der Waals surface area (Å²) in [5.41, 5.74) is -0.696. The third-order valence-corrected chi connectivity index (χ3v) is 5.64. The highest BCUT2D eigenvalue weighted by Crippen LogP contribution is 2.37. The summed E-state index contributed by atoms with van der Waals surface area (Å²) in [5.74, 6) is -5.04. The van der Waals surface area contributed by atoms with Crippen LogP contribution in [0.15, 0.2) is 36.4 Å². The zero-order chi connectivity index (χ0) is 24.0. The monoisotopic (exact) mass is 460 g/mol. The van der Waals surface area contributed by atoms with Gasteiger partial charge in [-0.15, -0.1) is 0 Å². The van der Waals surface area contributed by atoms with Crippen LogP contribution in [0.5, 0.6) is 5.75 Å². The maximum Gasteiger partial charge on any atom is 0.328 e. The highest BCUT2D eigenvalue weighted by molar-refractivity contribution is 6.31. The third-order valence-electron chi connectivity index (χ3n) is 5.41. The molecule has 0 saturated carbocycles. The Kier molecular flexibility index (Phi) is 6.02. The Morgan fingerprint density at radius 1 is 1.19 bits per heavy atom. The van der Waals surface area contributed by atoms with Crippen LogP contribution in [0.3, 0.4) is 0 Å². The summed E-state index contributed by atoms with van der Waals surface area (Å²) in [6, 6.07) is 8.75. The maximum atomic E-state index is 15.1. The Bertz CT molecular complexity index is 1260. The molecule has 1 heterocycles. The molecule has 1 atom stereocenters. The van der Waals surface area contributed by atoms with Gasteiger partial charge in [-0.1, -0.05) is 17.7 Å². The zero-order valence-electron chi connectivity index (χ0n) is 17.9. The van der Waals surface area contributed by atoms with E-state index in [-0.39, 0.29) is 27.7 Å². The number of halogens is 2. The van der Waals surface area contributed by atoms with Crippen molar-refractivity contribution < 1.29 is 29.0 Å². The van der Waals surface area contributed by atoms with Crippen LogP contribution in [0, 0.1) is 12.7 Å². The first-order valence-corrected chi connectivity index (χ1v) is 10.1. The molecule has 0 unspecified atom stereocenters. The highest BCUT2D eigenvalue weighted by atomic mass is 35.5. The molecule has 1 aromatic heterocycles. The molecule has 0 bridgehead atoms. The van der Waals surface area contributed by atoms with Gasteiger partial charge in [0.2, 0.25) is 5.91 Å². The number of aliphatic carboxylic acids is 1. The topological polar surface area (TPSA) is 109 Å². The van der Waals surface area contributed by atoms with Gasteiger partial charge in [0.25, 0.3) is 5.91 Å². The average Bonchev–Trinajstić information content (AvgIpc) is 3.01. The number of rotatable bonds is 5. The first kappa shape index (κ1) is 23.3. The largest absolute Gasteiger partial charge is 0.505 e. The Morgan fingerprint density at radius 3 is 2.44 bits per heavy atom. The zero-order valence-corrected chi connectivity index (χ0v) is 18.6.